The Morgan fingerprint density at radius 3 is 2.47 bits per heavy atom. The van der Waals surface area contributed by atoms with Crippen molar-refractivity contribution in [3.8, 4) is 5.75 Å². The molecule has 0 saturated carbocycles. The number of rotatable bonds is 2. The van der Waals surface area contributed by atoms with Crippen LogP contribution < -0.4 is 4.74 Å². The molecule has 1 aromatic rings. The number of aryl methyl sites for hydroxylation is 2. The molecule has 0 radical (unpaired) electrons. The van der Waals surface area contributed by atoms with Crippen molar-refractivity contribution in [1.29, 1.82) is 0 Å². The first-order chi connectivity index (χ1) is 8.07. The lowest BCUT2D eigenvalue weighted by atomic mass is 9.82. The molecule has 0 aromatic heterocycles. The minimum Gasteiger partial charge on any atom is -0.496 e. The zero-order valence-corrected chi connectivity index (χ0v) is 10.7. The molecule has 1 heterocycles. The maximum absolute atomic E-state index is 10.8. The summed E-state index contributed by atoms with van der Waals surface area (Å²) in [7, 11) is 1.65. The first-order valence-corrected chi connectivity index (χ1v) is 6.03. The van der Waals surface area contributed by atoms with Gasteiger partial charge in [0.15, 0.2) is 0 Å². The first kappa shape index (κ1) is 12.4. The zero-order chi connectivity index (χ0) is 12.5. The molecular formula is C14H20O3. The van der Waals surface area contributed by atoms with E-state index in [-0.39, 0.29) is 0 Å². The van der Waals surface area contributed by atoms with E-state index >= 15 is 0 Å². The van der Waals surface area contributed by atoms with Crippen LogP contribution >= 0.6 is 0 Å². The highest BCUT2D eigenvalue weighted by Crippen LogP contribution is 2.40. The normalized spacial score (nSPS) is 19.1. The van der Waals surface area contributed by atoms with Gasteiger partial charge in [-0.3, -0.25) is 0 Å². The topological polar surface area (TPSA) is 38.7 Å². The zero-order valence-electron chi connectivity index (χ0n) is 10.7. The van der Waals surface area contributed by atoms with Crippen LogP contribution in [0.3, 0.4) is 0 Å². The Balaban J connectivity index is 2.49. The molecule has 1 fully saturated rings. The lowest BCUT2D eigenvalue weighted by Gasteiger charge is -2.34. The smallest absolute Gasteiger partial charge is 0.125 e. The summed E-state index contributed by atoms with van der Waals surface area (Å²) in [6.45, 7) is 5.27. The Hall–Kier alpha value is -1.06. The summed E-state index contributed by atoms with van der Waals surface area (Å²) < 4.78 is 10.7. The SMILES string of the molecule is COc1cc(C)cc(C)c1C1(O)CCOCC1. The monoisotopic (exact) mass is 236 g/mol. The van der Waals surface area contributed by atoms with Crippen LogP contribution in [0.15, 0.2) is 12.1 Å². The standard InChI is InChI=1S/C14H20O3/c1-10-8-11(2)13(12(9-10)16-3)14(15)4-6-17-7-5-14/h8-9,15H,4-7H2,1-3H3. The van der Waals surface area contributed by atoms with Crippen LogP contribution in [0.4, 0.5) is 0 Å². The fraction of sp³-hybridized carbons (Fsp3) is 0.571. The highest BCUT2D eigenvalue weighted by Gasteiger charge is 2.35. The highest BCUT2D eigenvalue weighted by molar-refractivity contribution is 5.46. The van der Waals surface area contributed by atoms with Gasteiger partial charge in [-0.15, -0.1) is 0 Å². The minimum atomic E-state index is -0.804. The largest absolute Gasteiger partial charge is 0.496 e. The summed E-state index contributed by atoms with van der Waals surface area (Å²) in [5.41, 5.74) is 2.36. The second-order valence-electron chi connectivity index (χ2n) is 4.80. The van der Waals surface area contributed by atoms with E-state index in [2.05, 4.69) is 6.07 Å². The summed E-state index contributed by atoms with van der Waals surface area (Å²) in [5, 5.41) is 10.8. The minimum absolute atomic E-state index is 0.604. The molecule has 0 unspecified atom stereocenters. The molecule has 1 N–H and O–H groups in total. The van der Waals surface area contributed by atoms with Crippen molar-refractivity contribution in [1.82, 2.24) is 0 Å². The van der Waals surface area contributed by atoms with Gasteiger partial charge in [0.05, 0.1) is 12.7 Å². The van der Waals surface area contributed by atoms with E-state index in [0.717, 1.165) is 22.4 Å². The van der Waals surface area contributed by atoms with Crippen LogP contribution in [0.1, 0.15) is 29.5 Å². The number of hydrogen-bond acceptors (Lipinski definition) is 3. The maximum atomic E-state index is 10.8. The van der Waals surface area contributed by atoms with Crippen LogP contribution in [0, 0.1) is 13.8 Å². The molecule has 1 aliphatic heterocycles. The average Bonchev–Trinajstić information content (AvgIpc) is 2.28. The molecule has 3 heteroatoms. The van der Waals surface area contributed by atoms with Crippen molar-refractivity contribution in [3.63, 3.8) is 0 Å². The van der Waals surface area contributed by atoms with E-state index in [0.29, 0.717) is 26.1 Å². The van der Waals surface area contributed by atoms with E-state index in [1.807, 2.05) is 19.9 Å². The quantitative estimate of drug-likeness (QED) is 0.856. The number of aliphatic hydroxyl groups is 1. The van der Waals surface area contributed by atoms with E-state index in [1.54, 1.807) is 7.11 Å². The molecule has 0 atom stereocenters. The Labute approximate surface area is 102 Å². The molecule has 1 saturated heterocycles. The number of hydrogen-bond donors (Lipinski definition) is 1. The van der Waals surface area contributed by atoms with Crippen molar-refractivity contribution in [3.05, 3.63) is 28.8 Å². The Kier molecular flexibility index (Phi) is 3.40. The predicted molar refractivity (Wildman–Crippen MR) is 66.4 cm³/mol. The van der Waals surface area contributed by atoms with Crippen LogP contribution in [0.5, 0.6) is 5.75 Å². The molecule has 1 aromatic carbocycles. The van der Waals surface area contributed by atoms with E-state index < -0.39 is 5.60 Å². The van der Waals surface area contributed by atoms with E-state index in [4.69, 9.17) is 9.47 Å². The molecule has 2 rings (SSSR count). The number of benzene rings is 1. The fourth-order valence-electron chi connectivity index (χ4n) is 2.65. The molecule has 0 spiro atoms. The maximum Gasteiger partial charge on any atom is 0.125 e. The van der Waals surface area contributed by atoms with Crippen LogP contribution in [-0.4, -0.2) is 25.4 Å². The van der Waals surface area contributed by atoms with Gasteiger partial charge in [-0.25, -0.2) is 0 Å². The molecule has 0 aliphatic carbocycles. The Morgan fingerprint density at radius 2 is 1.88 bits per heavy atom. The summed E-state index contributed by atoms with van der Waals surface area (Å²) in [6.07, 6.45) is 1.26. The van der Waals surface area contributed by atoms with Gasteiger partial charge in [0.1, 0.15) is 5.75 Å². The van der Waals surface area contributed by atoms with Gasteiger partial charge in [-0.05, 0) is 31.0 Å². The van der Waals surface area contributed by atoms with Gasteiger partial charge < -0.3 is 14.6 Å². The van der Waals surface area contributed by atoms with Crippen molar-refractivity contribution in [2.24, 2.45) is 0 Å². The Bertz CT molecular complexity index is 406. The van der Waals surface area contributed by atoms with Gasteiger partial charge in [-0.1, -0.05) is 6.07 Å². The molecule has 94 valence electrons. The van der Waals surface area contributed by atoms with Crippen LogP contribution in [-0.2, 0) is 10.3 Å². The molecule has 3 nitrogen and oxygen atoms in total. The van der Waals surface area contributed by atoms with Crippen molar-refractivity contribution in [2.45, 2.75) is 32.3 Å². The van der Waals surface area contributed by atoms with E-state index in [1.165, 1.54) is 0 Å². The summed E-state index contributed by atoms with van der Waals surface area (Å²) in [5.74, 6) is 0.784. The molecule has 1 aliphatic rings. The van der Waals surface area contributed by atoms with Gasteiger partial charge >= 0.3 is 0 Å². The van der Waals surface area contributed by atoms with Gasteiger partial charge in [0, 0.05) is 31.6 Å². The van der Waals surface area contributed by atoms with Crippen molar-refractivity contribution < 1.29 is 14.6 Å². The Morgan fingerprint density at radius 1 is 1.24 bits per heavy atom. The number of methoxy groups -OCH3 is 1. The summed E-state index contributed by atoms with van der Waals surface area (Å²) >= 11 is 0. The molecule has 0 bridgehead atoms. The van der Waals surface area contributed by atoms with Crippen molar-refractivity contribution in [2.75, 3.05) is 20.3 Å². The van der Waals surface area contributed by atoms with Gasteiger partial charge in [-0.2, -0.15) is 0 Å². The van der Waals surface area contributed by atoms with Crippen molar-refractivity contribution >= 4 is 0 Å². The third kappa shape index (κ3) is 2.31. The lowest BCUT2D eigenvalue weighted by Crippen LogP contribution is -2.34. The predicted octanol–water partition coefficient (Wildman–Crippen LogP) is 2.31. The second kappa shape index (κ2) is 4.67. The third-order valence-corrected chi connectivity index (χ3v) is 3.45. The third-order valence-electron chi connectivity index (χ3n) is 3.45. The summed E-state index contributed by atoms with van der Waals surface area (Å²) in [4.78, 5) is 0. The molecular weight excluding hydrogens is 216 g/mol. The molecule has 0 amide bonds. The average molecular weight is 236 g/mol. The lowest BCUT2D eigenvalue weighted by molar-refractivity contribution is -0.0693. The highest BCUT2D eigenvalue weighted by atomic mass is 16.5. The van der Waals surface area contributed by atoms with Gasteiger partial charge in [0.25, 0.3) is 0 Å². The first-order valence-electron chi connectivity index (χ1n) is 6.03. The fourth-order valence-corrected chi connectivity index (χ4v) is 2.65. The van der Waals surface area contributed by atoms with Gasteiger partial charge in [0.2, 0.25) is 0 Å². The second-order valence-corrected chi connectivity index (χ2v) is 4.80. The summed E-state index contributed by atoms with van der Waals surface area (Å²) in [6, 6.07) is 4.07. The molecule has 17 heavy (non-hydrogen) atoms. The number of ether oxygens (including phenoxy) is 2. The van der Waals surface area contributed by atoms with Crippen LogP contribution in [0.25, 0.3) is 0 Å². The van der Waals surface area contributed by atoms with Crippen LogP contribution in [0.2, 0.25) is 0 Å². The van der Waals surface area contributed by atoms with E-state index in [9.17, 15) is 5.11 Å².